The minimum atomic E-state index is -0.0173. The van der Waals surface area contributed by atoms with Gasteiger partial charge in [-0.3, -0.25) is 9.69 Å². The predicted molar refractivity (Wildman–Crippen MR) is 124 cm³/mol. The van der Waals surface area contributed by atoms with Crippen LogP contribution in [0, 0.1) is 13.8 Å². The van der Waals surface area contributed by atoms with E-state index in [1.165, 1.54) is 11.3 Å². The van der Waals surface area contributed by atoms with Gasteiger partial charge in [-0.2, -0.15) is 0 Å². The highest BCUT2D eigenvalue weighted by molar-refractivity contribution is 7.22. The summed E-state index contributed by atoms with van der Waals surface area (Å²) in [6.45, 7) is 7.88. The molecule has 29 heavy (non-hydrogen) atoms. The number of rotatable bonds is 7. The number of carbonyl (C=O) groups excluding carboxylic acids is 1. The molecule has 0 fully saturated rings. The van der Waals surface area contributed by atoms with Crippen molar-refractivity contribution in [3.8, 4) is 5.75 Å². The van der Waals surface area contributed by atoms with Gasteiger partial charge in [0.2, 0.25) is 0 Å². The molecule has 5 nitrogen and oxygen atoms in total. The van der Waals surface area contributed by atoms with Crippen LogP contribution in [0.2, 0.25) is 0 Å². The number of amides is 1. The van der Waals surface area contributed by atoms with E-state index in [2.05, 4.69) is 4.90 Å². The number of hydrogen-bond acceptors (Lipinski definition) is 5. The number of aromatic nitrogens is 1. The van der Waals surface area contributed by atoms with Crippen molar-refractivity contribution in [1.82, 2.24) is 9.88 Å². The Morgan fingerprint density at radius 2 is 1.90 bits per heavy atom. The van der Waals surface area contributed by atoms with Gasteiger partial charge in [0.25, 0.3) is 5.91 Å². The summed E-state index contributed by atoms with van der Waals surface area (Å²) >= 11 is 1.52. The van der Waals surface area contributed by atoms with E-state index in [0.29, 0.717) is 23.8 Å². The Bertz CT molecular complexity index is 987. The molecule has 0 unspecified atom stereocenters. The number of fused-ring (bicyclic) bond motifs is 1. The van der Waals surface area contributed by atoms with Gasteiger partial charge in [-0.25, -0.2) is 4.98 Å². The van der Waals surface area contributed by atoms with Crippen molar-refractivity contribution in [2.24, 2.45) is 0 Å². The molecule has 0 aliphatic rings. The molecule has 3 rings (SSSR count). The maximum Gasteiger partial charge on any atom is 0.260 e. The quantitative estimate of drug-likeness (QED) is 0.529. The van der Waals surface area contributed by atoms with Crippen LogP contribution in [0.4, 0.5) is 5.13 Å². The summed E-state index contributed by atoms with van der Waals surface area (Å²) in [5.74, 6) is 0.741. The number of benzene rings is 2. The third kappa shape index (κ3) is 5.26. The molecule has 7 heteroatoms. The molecule has 0 aliphatic heterocycles. The summed E-state index contributed by atoms with van der Waals surface area (Å²) in [6.07, 6.45) is 0. The van der Waals surface area contributed by atoms with Crippen molar-refractivity contribution < 1.29 is 9.53 Å². The number of halogens is 1. The second kappa shape index (κ2) is 10.1. The Morgan fingerprint density at radius 3 is 2.55 bits per heavy atom. The van der Waals surface area contributed by atoms with Gasteiger partial charge < -0.3 is 9.64 Å². The summed E-state index contributed by atoms with van der Waals surface area (Å²) < 4.78 is 6.74. The molecule has 1 amide bonds. The zero-order valence-corrected chi connectivity index (χ0v) is 19.2. The first-order chi connectivity index (χ1) is 13.4. The second-order valence-electron chi connectivity index (χ2n) is 7.11. The zero-order chi connectivity index (χ0) is 20.3. The first-order valence-electron chi connectivity index (χ1n) is 9.47. The lowest BCUT2D eigenvalue weighted by molar-refractivity contribution is 0.0984. The summed E-state index contributed by atoms with van der Waals surface area (Å²) in [5, 5.41) is 0.703. The van der Waals surface area contributed by atoms with E-state index in [1.807, 2.05) is 71.3 Å². The standard InChI is InChI=1S/C22H27N3O2S.ClH/c1-6-27-18-8-7-9-19-20(18)23-22(28-19)25(13-12-24(4)5)21(26)17-11-10-15(2)14-16(17)3;/h7-11,14H,6,12-13H2,1-5H3;1H. The van der Waals surface area contributed by atoms with E-state index in [9.17, 15) is 4.79 Å². The first-order valence-corrected chi connectivity index (χ1v) is 10.3. The lowest BCUT2D eigenvalue weighted by Crippen LogP contribution is -2.37. The van der Waals surface area contributed by atoms with Gasteiger partial charge in [0.1, 0.15) is 11.3 Å². The van der Waals surface area contributed by atoms with Gasteiger partial charge >= 0.3 is 0 Å². The van der Waals surface area contributed by atoms with Gasteiger partial charge in [0.15, 0.2) is 5.13 Å². The fourth-order valence-electron chi connectivity index (χ4n) is 3.08. The average molecular weight is 434 g/mol. The van der Waals surface area contributed by atoms with Crippen molar-refractivity contribution in [2.45, 2.75) is 20.8 Å². The number of carbonyl (C=O) groups is 1. The number of nitrogens with zero attached hydrogens (tertiary/aromatic N) is 3. The van der Waals surface area contributed by atoms with Crippen LogP contribution in [0.3, 0.4) is 0 Å². The minimum Gasteiger partial charge on any atom is -0.492 e. The molecular formula is C22H28ClN3O2S. The summed E-state index contributed by atoms with van der Waals surface area (Å²) in [4.78, 5) is 22.1. The lowest BCUT2D eigenvalue weighted by atomic mass is 10.0. The van der Waals surface area contributed by atoms with Gasteiger partial charge in [-0.1, -0.05) is 35.1 Å². The molecule has 0 aliphatic carbocycles. The normalized spacial score (nSPS) is 10.8. The minimum absolute atomic E-state index is 0. The average Bonchev–Trinajstić information content (AvgIpc) is 3.06. The Balaban J connectivity index is 0.00000300. The topological polar surface area (TPSA) is 45.7 Å². The highest BCUT2D eigenvalue weighted by atomic mass is 35.5. The SMILES string of the molecule is CCOc1cccc2sc(N(CCN(C)C)C(=O)c3ccc(C)cc3C)nc12.Cl. The number of hydrogen-bond donors (Lipinski definition) is 0. The van der Waals surface area contributed by atoms with Crippen molar-refractivity contribution in [3.63, 3.8) is 0 Å². The fourth-order valence-corrected chi connectivity index (χ4v) is 4.09. The first kappa shape index (κ1) is 23.1. The monoisotopic (exact) mass is 433 g/mol. The molecule has 2 aromatic carbocycles. The van der Waals surface area contributed by atoms with Crippen LogP contribution < -0.4 is 9.64 Å². The number of aryl methyl sites for hydroxylation is 2. The highest BCUT2D eigenvalue weighted by Crippen LogP contribution is 2.35. The van der Waals surface area contributed by atoms with E-state index in [0.717, 1.165) is 33.6 Å². The Labute approximate surface area is 182 Å². The molecule has 0 N–H and O–H groups in total. The predicted octanol–water partition coefficient (Wildman–Crippen LogP) is 4.94. The van der Waals surface area contributed by atoms with Crippen molar-refractivity contribution in [2.75, 3.05) is 38.7 Å². The van der Waals surface area contributed by atoms with E-state index >= 15 is 0 Å². The van der Waals surface area contributed by atoms with Crippen LogP contribution in [-0.4, -0.2) is 49.6 Å². The molecule has 1 aromatic heterocycles. The summed E-state index contributed by atoms with van der Waals surface area (Å²) in [5.41, 5.74) is 3.66. The number of para-hydroxylation sites is 1. The molecule has 156 valence electrons. The molecule has 0 saturated heterocycles. The van der Waals surface area contributed by atoms with Crippen molar-refractivity contribution in [1.29, 1.82) is 0 Å². The van der Waals surface area contributed by atoms with E-state index in [1.54, 1.807) is 4.90 Å². The number of thiazole rings is 1. The number of anilines is 1. The van der Waals surface area contributed by atoms with Crippen LogP contribution in [0.1, 0.15) is 28.4 Å². The molecule has 0 atom stereocenters. The van der Waals surface area contributed by atoms with Gasteiger partial charge in [0, 0.05) is 18.7 Å². The van der Waals surface area contributed by atoms with E-state index < -0.39 is 0 Å². The Kier molecular flexibility index (Phi) is 8.02. The van der Waals surface area contributed by atoms with Crippen molar-refractivity contribution >= 4 is 45.0 Å². The molecular weight excluding hydrogens is 406 g/mol. The van der Waals surface area contributed by atoms with E-state index in [4.69, 9.17) is 9.72 Å². The molecule has 3 aromatic rings. The van der Waals surface area contributed by atoms with Gasteiger partial charge in [0.05, 0.1) is 11.3 Å². The van der Waals surface area contributed by atoms with Crippen LogP contribution in [0.25, 0.3) is 10.2 Å². The van der Waals surface area contributed by atoms with Crippen LogP contribution >= 0.6 is 23.7 Å². The molecule has 0 radical (unpaired) electrons. The summed E-state index contributed by atoms with van der Waals surface area (Å²) in [6, 6.07) is 11.8. The Morgan fingerprint density at radius 1 is 1.14 bits per heavy atom. The fraction of sp³-hybridized carbons (Fsp3) is 0.364. The largest absolute Gasteiger partial charge is 0.492 e. The highest BCUT2D eigenvalue weighted by Gasteiger charge is 2.23. The zero-order valence-electron chi connectivity index (χ0n) is 17.6. The van der Waals surface area contributed by atoms with Crippen LogP contribution in [-0.2, 0) is 0 Å². The van der Waals surface area contributed by atoms with Crippen molar-refractivity contribution in [3.05, 3.63) is 53.1 Å². The summed E-state index contributed by atoms with van der Waals surface area (Å²) in [7, 11) is 4.01. The maximum atomic E-state index is 13.4. The number of likely N-dealkylation sites (N-methyl/N-ethyl adjacent to an activating group) is 1. The molecule has 0 bridgehead atoms. The molecule has 0 saturated carbocycles. The molecule has 0 spiro atoms. The smallest absolute Gasteiger partial charge is 0.260 e. The maximum absolute atomic E-state index is 13.4. The van der Waals surface area contributed by atoms with E-state index in [-0.39, 0.29) is 18.3 Å². The number of ether oxygens (including phenoxy) is 1. The van der Waals surface area contributed by atoms with Gasteiger partial charge in [-0.05, 0) is 58.6 Å². The second-order valence-corrected chi connectivity index (χ2v) is 8.12. The third-order valence-corrected chi connectivity index (χ3v) is 5.57. The van der Waals surface area contributed by atoms with Crippen LogP contribution in [0.15, 0.2) is 36.4 Å². The van der Waals surface area contributed by atoms with Crippen LogP contribution in [0.5, 0.6) is 5.75 Å². The third-order valence-electron chi connectivity index (χ3n) is 4.53. The lowest BCUT2D eigenvalue weighted by Gasteiger charge is -2.23. The van der Waals surface area contributed by atoms with Gasteiger partial charge in [-0.15, -0.1) is 12.4 Å². The molecule has 1 heterocycles. The Hall–Kier alpha value is -2.15.